The molecular weight excluding hydrogens is 198 g/mol. The van der Waals surface area contributed by atoms with Crippen LogP contribution in [-0.2, 0) is 0 Å². The highest BCUT2D eigenvalue weighted by Gasteiger charge is 2.06. The van der Waals surface area contributed by atoms with Crippen molar-refractivity contribution in [3.05, 3.63) is 29.8 Å². The van der Waals surface area contributed by atoms with E-state index < -0.39 is 0 Å². The van der Waals surface area contributed by atoms with E-state index in [1.807, 2.05) is 12.1 Å². The van der Waals surface area contributed by atoms with Gasteiger partial charge in [0.1, 0.15) is 0 Å². The molecule has 0 spiro atoms. The molecular formula is C14H23NO. The maximum Gasteiger partial charge on any atom is 0.0761 e. The molecule has 0 heterocycles. The Morgan fingerprint density at radius 2 is 1.75 bits per heavy atom. The van der Waals surface area contributed by atoms with Crippen molar-refractivity contribution in [1.29, 1.82) is 0 Å². The number of aliphatic hydroxyl groups is 1. The van der Waals surface area contributed by atoms with Crippen molar-refractivity contribution in [1.82, 2.24) is 0 Å². The van der Waals surface area contributed by atoms with E-state index in [2.05, 4.69) is 37.9 Å². The molecule has 1 rings (SSSR count). The van der Waals surface area contributed by atoms with Gasteiger partial charge in [0.05, 0.1) is 6.10 Å². The highest BCUT2D eigenvalue weighted by atomic mass is 16.3. The zero-order valence-corrected chi connectivity index (χ0v) is 10.8. The Kier molecular flexibility index (Phi) is 4.81. The third-order valence-corrected chi connectivity index (χ3v) is 3.10. The van der Waals surface area contributed by atoms with Crippen LogP contribution in [0.3, 0.4) is 0 Å². The number of hydrogen-bond acceptors (Lipinski definition) is 2. The highest BCUT2D eigenvalue weighted by Crippen LogP contribution is 2.19. The maximum atomic E-state index is 9.42. The number of hydrogen-bond donors (Lipinski definition) is 1. The molecule has 16 heavy (non-hydrogen) atoms. The van der Waals surface area contributed by atoms with Crippen LogP contribution in [0, 0.1) is 5.92 Å². The van der Waals surface area contributed by atoms with E-state index in [1.165, 1.54) is 12.1 Å². The summed E-state index contributed by atoms with van der Waals surface area (Å²) < 4.78 is 0. The lowest BCUT2D eigenvalue weighted by atomic mass is 10.1. The van der Waals surface area contributed by atoms with Crippen molar-refractivity contribution in [2.75, 3.05) is 18.5 Å². The molecule has 2 heteroatoms. The Balaban J connectivity index is 2.66. The van der Waals surface area contributed by atoms with Crippen LogP contribution in [0.1, 0.15) is 38.9 Å². The molecule has 0 aromatic heterocycles. The predicted molar refractivity (Wildman–Crippen MR) is 69.8 cm³/mol. The molecule has 0 aliphatic heterocycles. The monoisotopic (exact) mass is 221 g/mol. The lowest BCUT2D eigenvalue weighted by Crippen LogP contribution is -2.23. The van der Waals surface area contributed by atoms with E-state index in [9.17, 15) is 5.11 Å². The van der Waals surface area contributed by atoms with Crippen molar-refractivity contribution in [2.45, 2.75) is 33.3 Å². The Labute approximate surface area is 98.9 Å². The zero-order valence-electron chi connectivity index (χ0n) is 10.8. The van der Waals surface area contributed by atoms with E-state index in [-0.39, 0.29) is 6.10 Å². The number of anilines is 1. The first kappa shape index (κ1) is 13.0. The van der Waals surface area contributed by atoms with Gasteiger partial charge < -0.3 is 10.0 Å². The SMILES string of the molecule is CCC(C)CN(C)c1ccc([C@H](C)O)cc1. The number of nitrogens with zero attached hydrogens (tertiary/aromatic N) is 1. The van der Waals surface area contributed by atoms with E-state index in [1.54, 1.807) is 6.92 Å². The van der Waals surface area contributed by atoms with Crippen LogP contribution >= 0.6 is 0 Å². The fraction of sp³-hybridized carbons (Fsp3) is 0.571. The molecule has 0 amide bonds. The molecule has 1 aromatic carbocycles. The van der Waals surface area contributed by atoms with Gasteiger partial charge in [0, 0.05) is 19.3 Å². The van der Waals surface area contributed by atoms with Crippen LogP contribution in [0.2, 0.25) is 0 Å². The summed E-state index contributed by atoms with van der Waals surface area (Å²) in [6.07, 6.45) is 0.824. The maximum absolute atomic E-state index is 9.42. The average Bonchev–Trinajstić information content (AvgIpc) is 2.28. The molecule has 1 N–H and O–H groups in total. The summed E-state index contributed by atoms with van der Waals surface area (Å²) in [7, 11) is 2.11. The molecule has 2 nitrogen and oxygen atoms in total. The third kappa shape index (κ3) is 3.53. The first-order chi connectivity index (χ1) is 7.54. The van der Waals surface area contributed by atoms with Crippen molar-refractivity contribution >= 4 is 5.69 Å². The smallest absolute Gasteiger partial charge is 0.0761 e. The van der Waals surface area contributed by atoms with Gasteiger partial charge >= 0.3 is 0 Å². The summed E-state index contributed by atoms with van der Waals surface area (Å²) in [6.45, 7) is 7.35. The van der Waals surface area contributed by atoms with Crippen molar-refractivity contribution < 1.29 is 5.11 Å². The van der Waals surface area contributed by atoms with Crippen LogP contribution in [0.5, 0.6) is 0 Å². The largest absolute Gasteiger partial charge is 0.389 e. The fourth-order valence-electron chi connectivity index (χ4n) is 1.71. The second-order valence-corrected chi connectivity index (χ2v) is 4.66. The molecule has 0 bridgehead atoms. The molecule has 90 valence electrons. The molecule has 0 aliphatic carbocycles. The standard InChI is InChI=1S/C14H23NO/c1-5-11(2)10-15(4)14-8-6-13(7-9-14)12(3)16/h6-9,11-12,16H,5,10H2,1-4H3/t11?,12-/m0/s1. The molecule has 0 saturated heterocycles. The van der Waals surface area contributed by atoms with Gasteiger partial charge in [-0.05, 0) is 30.5 Å². The van der Waals surface area contributed by atoms with E-state index >= 15 is 0 Å². The molecule has 1 unspecified atom stereocenters. The van der Waals surface area contributed by atoms with Crippen LogP contribution < -0.4 is 4.90 Å². The van der Waals surface area contributed by atoms with Gasteiger partial charge in [-0.1, -0.05) is 32.4 Å². The predicted octanol–water partition coefficient (Wildman–Crippen LogP) is 3.22. The van der Waals surface area contributed by atoms with E-state index in [4.69, 9.17) is 0 Å². The van der Waals surface area contributed by atoms with Gasteiger partial charge in [0.2, 0.25) is 0 Å². The fourth-order valence-corrected chi connectivity index (χ4v) is 1.71. The summed E-state index contributed by atoms with van der Waals surface area (Å²) >= 11 is 0. The summed E-state index contributed by atoms with van der Waals surface area (Å²) in [5.41, 5.74) is 2.19. The minimum absolute atomic E-state index is 0.381. The lowest BCUT2D eigenvalue weighted by Gasteiger charge is -2.23. The molecule has 0 radical (unpaired) electrons. The molecule has 0 aliphatic rings. The van der Waals surface area contributed by atoms with Crippen molar-refractivity contribution in [2.24, 2.45) is 5.92 Å². The summed E-state index contributed by atoms with van der Waals surface area (Å²) in [5, 5.41) is 9.42. The van der Waals surface area contributed by atoms with Crippen LogP contribution in [-0.4, -0.2) is 18.7 Å². The Hall–Kier alpha value is -1.02. The number of aliphatic hydroxyl groups excluding tert-OH is 1. The van der Waals surface area contributed by atoms with Crippen LogP contribution in [0.25, 0.3) is 0 Å². The minimum atomic E-state index is -0.381. The van der Waals surface area contributed by atoms with E-state index in [0.717, 1.165) is 12.1 Å². The van der Waals surface area contributed by atoms with Crippen molar-refractivity contribution in [3.8, 4) is 0 Å². The van der Waals surface area contributed by atoms with Gasteiger partial charge in [0.25, 0.3) is 0 Å². The molecule has 2 atom stereocenters. The van der Waals surface area contributed by atoms with Gasteiger partial charge in [-0.3, -0.25) is 0 Å². The first-order valence-corrected chi connectivity index (χ1v) is 6.03. The Morgan fingerprint density at radius 1 is 1.19 bits per heavy atom. The summed E-state index contributed by atoms with van der Waals surface area (Å²) in [4.78, 5) is 2.26. The van der Waals surface area contributed by atoms with E-state index in [0.29, 0.717) is 5.92 Å². The van der Waals surface area contributed by atoms with Gasteiger partial charge in [-0.25, -0.2) is 0 Å². The average molecular weight is 221 g/mol. The molecule has 1 aromatic rings. The second-order valence-electron chi connectivity index (χ2n) is 4.66. The number of rotatable bonds is 5. The zero-order chi connectivity index (χ0) is 12.1. The normalized spacial score (nSPS) is 14.6. The topological polar surface area (TPSA) is 23.5 Å². The molecule has 0 fully saturated rings. The minimum Gasteiger partial charge on any atom is -0.389 e. The van der Waals surface area contributed by atoms with Crippen LogP contribution in [0.4, 0.5) is 5.69 Å². The first-order valence-electron chi connectivity index (χ1n) is 6.03. The van der Waals surface area contributed by atoms with Crippen molar-refractivity contribution in [3.63, 3.8) is 0 Å². The summed E-state index contributed by atoms with van der Waals surface area (Å²) in [5.74, 6) is 0.710. The van der Waals surface area contributed by atoms with Crippen LogP contribution in [0.15, 0.2) is 24.3 Å². The third-order valence-electron chi connectivity index (χ3n) is 3.10. The second kappa shape index (κ2) is 5.90. The Bertz CT molecular complexity index is 305. The quantitative estimate of drug-likeness (QED) is 0.825. The number of benzene rings is 1. The van der Waals surface area contributed by atoms with Gasteiger partial charge in [-0.15, -0.1) is 0 Å². The molecule has 0 saturated carbocycles. The summed E-state index contributed by atoms with van der Waals surface area (Å²) in [6, 6.07) is 8.13. The van der Waals surface area contributed by atoms with Gasteiger partial charge in [-0.2, -0.15) is 0 Å². The van der Waals surface area contributed by atoms with Gasteiger partial charge in [0.15, 0.2) is 0 Å². The Morgan fingerprint density at radius 3 is 2.19 bits per heavy atom. The lowest BCUT2D eigenvalue weighted by molar-refractivity contribution is 0.199. The highest BCUT2D eigenvalue weighted by molar-refractivity contribution is 5.47.